The second-order valence-corrected chi connectivity index (χ2v) is 5.10. The zero-order chi connectivity index (χ0) is 15.4. The maximum absolute atomic E-state index is 13.9. The summed E-state index contributed by atoms with van der Waals surface area (Å²) in [4.78, 5) is 26.5. The molecule has 1 aromatic rings. The number of carboxylic acids is 1. The van der Waals surface area contributed by atoms with Crippen LogP contribution in [0.4, 0.5) is 14.9 Å². The lowest BCUT2D eigenvalue weighted by Crippen LogP contribution is -2.49. The van der Waals surface area contributed by atoms with E-state index in [1.54, 1.807) is 25.1 Å². The van der Waals surface area contributed by atoms with E-state index >= 15 is 0 Å². The average Bonchev–Trinajstić information content (AvgIpc) is 2.50. The summed E-state index contributed by atoms with van der Waals surface area (Å²) in [5, 5.41) is 9.08. The summed E-state index contributed by atoms with van der Waals surface area (Å²) in [5.41, 5.74) is 0.224. The number of likely N-dealkylation sites (tertiary alicyclic amines) is 1. The molecule has 1 aromatic carbocycles. The second kappa shape index (κ2) is 6.56. The van der Waals surface area contributed by atoms with E-state index in [2.05, 4.69) is 0 Å². The highest BCUT2D eigenvalue weighted by molar-refractivity contribution is 5.92. The van der Waals surface area contributed by atoms with Gasteiger partial charge in [0.15, 0.2) is 0 Å². The Morgan fingerprint density at radius 2 is 2.14 bits per heavy atom. The molecule has 0 spiro atoms. The van der Waals surface area contributed by atoms with Gasteiger partial charge in [-0.1, -0.05) is 12.1 Å². The summed E-state index contributed by atoms with van der Waals surface area (Å²) >= 11 is 0. The number of anilines is 1. The number of hydrogen-bond donors (Lipinski definition) is 1. The Morgan fingerprint density at radius 3 is 2.76 bits per heavy atom. The molecule has 1 N–H and O–H groups in total. The van der Waals surface area contributed by atoms with Crippen molar-refractivity contribution >= 4 is 17.7 Å². The monoisotopic (exact) mass is 294 g/mol. The van der Waals surface area contributed by atoms with E-state index in [0.717, 1.165) is 0 Å². The number of amides is 2. The number of para-hydroxylation sites is 1. The molecule has 1 unspecified atom stereocenters. The van der Waals surface area contributed by atoms with Crippen LogP contribution < -0.4 is 4.90 Å². The number of hydrogen-bond acceptors (Lipinski definition) is 2. The molecule has 2 amide bonds. The van der Waals surface area contributed by atoms with Gasteiger partial charge in [0.05, 0.1) is 11.6 Å². The van der Waals surface area contributed by atoms with Crippen LogP contribution >= 0.6 is 0 Å². The Morgan fingerprint density at radius 1 is 1.43 bits per heavy atom. The van der Waals surface area contributed by atoms with E-state index in [0.29, 0.717) is 25.9 Å². The van der Waals surface area contributed by atoms with Gasteiger partial charge in [0.1, 0.15) is 5.82 Å². The lowest BCUT2D eigenvalue weighted by molar-refractivity contribution is -0.143. The van der Waals surface area contributed by atoms with Gasteiger partial charge >= 0.3 is 12.0 Å². The number of aliphatic carboxylic acids is 1. The van der Waals surface area contributed by atoms with Gasteiger partial charge in [-0.05, 0) is 31.9 Å². The minimum atomic E-state index is -0.888. The minimum absolute atomic E-state index is 0.180. The molecule has 1 heterocycles. The normalized spacial score (nSPS) is 18.4. The number of piperidine rings is 1. The third-order valence-corrected chi connectivity index (χ3v) is 3.73. The minimum Gasteiger partial charge on any atom is -0.481 e. The highest BCUT2D eigenvalue weighted by Crippen LogP contribution is 2.23. The maximum atomic E-state index is 13.9. The Hall–Kier alpha value is -2.11. The van der Waals surface area contributed by atoms with Gasteiger partial charge in [-0.15, -0.1) is 0 Å². The first-order chi connectivity index (χ1) is 10.0. The number of carbonyl (C=O) groups excluding carboxylic acids is 1. The number of nitrogens with zero attached hydrogens (tertiary/aromatic N) is 2. The Labute approximate surface area is 123 Å². The maximum Gasteiger partial charge on any atom is 0.324 e. The summed E-state index contributed by atoms with van der Waals surface area (Å²) in [5.74, 6) is -1.89. The molecule has 1 saturated heterocycles. The topological polar surface area (TPSA) is 60.9 Å². The predicted octanol–water partition coefficient (Wildman–Crippen LogP) is 2.57. The highest BCUT2D eigenvalue weighted by Gasteiger charge is 2.31. The predicted molar refractivity (Wildman–Crippen MR) is 76.7 cm³/mol. The summed E-state index contributed by atoms with van der Waals surface area (Å²) in [7, 11) is 0. The van der Waals surface area contributed by atoms with Gasteiger partial charge in [0.2, 0.25) is 0 Å². The number of carbonyl (C=O) groups is 2. The van der Waals surface area contributed by atoms with E-state index in [4.69, 9.17) is 5.11 Å². The Kier molecular flexibility index (Phi) is 4.77. The Balaban J connectivity index is 2.17. The first-order valence-corrected chi connectivity index (χ1v) is 7.08. The molecule has 21 heavy (non-hydrogen) atoms. The van der Waals surface area contributed by atoms with Crippen molar-refractivity contribution in [2.24, 2.45) is 5.92 Å². The number of halogens is 1. The van der Waals surface area contributed by atoms with Crippen molar-refractivity contribution in [2.45, 2.75) is 19.8 Å². The largest absolute Gasteiger partial charge is 0.481 e. The molecule has 0 radical (unpaired) electrons. The third-order valence-electron chi connectivity index (χ3n) is 3.73. The van der Waals surface area contributed by atoms with E-state index < -0.39 is 17.7 Å². The van der Waals surface area contributed by atoms with Crippen LogP contribution in [0.2, 0.25) is 0 Å². The summed E-state index contributed by atoms with van der Waals surface area (Å²) < 4.78 is 13.9. The van der Waals surface area contributed by atoms with Crippen LogP contribution in [-0.2, 0) is 4.79 Å². The van der Waals surface area contributed by atoms with Crippen molar-refractivity contribution in [3.8, 4) is 0 Å². The standard InChI is InChI=1S/C15H19FN2O3/c1-2-18(13-8-4-3-7-12(13)16)15(21)17-9-5-6-11(10-17)14(19)20/h3-4,7-8,11H,2,5-6,9-10H2,1H3,(H,19,20). The fourth-order valence-electron chi connectivity index (χ4n) is 2.60. The Bertz CT molecular complexity index is 535. The van der Waals surface area contributed by atoms with Gasteiger partial charge in [0.25, 0.3) is 0 Å². The van der Waals surface area contributed by atoms with Gasteiger partial charge in [-0.25, -0.2) is 9.18 Å². The molecule has 0 aromatic heterocycles. The second-order valence-electron chi connectivity index (χ2n) is 5.10. The fourth-order valence-corrected chi connectivity index (χ4v) is 2.60. The summed E-state index contributed by atoms with van der Waals surface area (Å²) in [6, 6.07) is 5.76. The summed E-state index contributed by atoms with van der Waals surface area (Å²) in [6.45, 7) is 2.78. The van der Waals surface area contributed by atoms with Crippen LogP contribution in [0.3, 0.4) is 0 Å². The van der Waals surface area contributed by atoms with Crippen molar-refractivity contribution < 1.29 is 19.1 Å². The summed E-state index contributed by atoms with van der Waals surface area (Å²) in [6.07, 6.45) is 1.22. The zero-order valence-corrected chi connectivity index (χ0v) is 12.0. The highest BCUT2D eigenvalue weighted by atomic mass is 19.1. The fraction of sp³-hybridized carbons (Fsp3) is 0.467. The van der Waals surface area contributed by atoms with Gasteiger partial charge in [-0.2, -0.15) is 0 Å². The van der Waals surface area contributed by atoms with Crippen LogP contribution in [0.25, 0.3) is 0 Å². The van der Waals surface area contributed by atoms with Crippen LogP contribution in [0.5, 0.6) is 0 Å². The number of benzene rings is 1. The number of urea groups is 1. The zero-order valence-electron chi connectivity index (χ0n) is 12.0. The molecule has 1 aliphatic heterocycles. The van der Waals surface area contributed by atoms with Gasteiger partial charge in [0, 0.05) is 19.6 Å². The lowest BCUT2D eigenvalue weighted by atomic mass is 9.98. The molecule has 2 rings (SSSR count). The molecule has 0 saturated carbocycles. The quantitative estimate of drug-likeness (QED) is 0.932. The number of rotatable bonds is 3. The van der Waals surface area contributed by atoms with E-state index in [9.17, 15) is 14.0 Å². The number of carboxylic acid groups (broad SMARTS) is 1. The van der Waals surface area contributed by atoms with Crippen LogP contribution in [0, 0.1) is 11.7 Å². The van der Waals surface area contributed by atoms with Crippen molar-refractivity contribution in [1.29, 1.82) is 0 Å². The molecule has 1 aliphatic rings. The first-order valence-electron chi connectivity index (χ1n) is 7.08. The smallest absolute Gasteiger partial charge is 0.324 e. The van der Waals surface area contributed by atoms with Gasteiger partial charge < -0.3 is 10.0 Å². The van der Waals surface area contributed by atoms with E-state index in [1.165, 1.54) is 15.9 Å². The van der Waals surface area contributed by atoms with Crippen molar-refractivity contribution in [2.75, 3.05) is 24.5 Å². The lowest BCUT2D eigenvalue weighted by Gasteiger charge is -2.34. The molecular weight excluding hydrogens is 275 g/mol. The molecule has 0 bridgehead atoms. The average molecular weight is 294 g/mol. The molecule has 114 valence electrons. The van der Waals surface area contributed by atoms with Crippen molar-refractivity contribution in [3.05, 3.63) is 30.1 Å². The third kappa shape index (κ3) is 3.32. The molecule has 5 nitrogen and oxygen atoms in total. The van der Waals surface area contributed by atoms with Crippen LogP contribution in [0.1, 0.15) is 19.8 Å². The van der Waals surface area contributed by atoms with Crippen LogP contribution in [-0.4, -0.2) is 41.6 Å². The van der Waals surface area contributed by atoms with Gasteiger partial charge in [-0.3, -0.25) is 9.69 Å². The molecule has 1 fully saturated rings. The molecule has 0 aliphatic carbocycles. The van der Waals surface area contributed by atoms with Crippen molar-refractivity contribution in [1.82, 2.24) is 4.90 Å². The van der Waals surface area contributed by atoms with Crippen molar-refractivity contribution in [3.63, 3.8) is 0 Å². The van der Waals surface area contributed by atoms with Crippen LogP contribution in [0.15, 0.2) is 24.3 Å². The van der Waals surface area contributed by atoms with E-state index in [-0.39, 0.29) is 18.3 Å². The van der Waals surface area contributed by atoms with E-state index in [1.807, 2.05) is 0 Å². The first kappa shape index (κ1) is 15.3. The SMILES string of the molecule is CCN(C(=O)N1CCCC(C(=O)O)C1)c1ccccc1F. The molecule has 1 atom stereocenters. The molecule has 6 heteroatoms. The molecular formula is C15H19FN2O3.